The van der Waals surface area contributed by atoms with Gasteiger partial charge in [0, 0.05) is 23.1 Å². The number of benzene rings is 2. The summed E-state index contributed by atoms with van der Waals surface area (Å²) in [5.41, 5.74) is 3.71. The molecular formula is C22H15BrN4O3S2. The van der Waals surface area contributed by atoms with Gasteiger partial charge in [-0.15, -0.1) is 11.3 Å². The second-order valence-corrected chi connectivity index (χ2v) is 11.9. The maximum Gasteiger partial charge on any atom is 0.271 e. The first-order chi connectivity index (χ1) is 15.4. The number of anilines is 1. The number of aryl methyl sites for hydroxylation is 1. The van der Waals surface area contributed by atoms with E-state index in [-0.39, 0.29) is 9.77 Å². The SMILES string of the molecule is O=c1c2cc(NS(=O)(=O)c3ccc(Br)s3)ccc2nc2n1CCc1c-2[nH]c2ccccc12. The quantitative estimate of drug-likeness (QED) is 0.355. The van der Waals surface area contributed by atoms with E-state index in [9.17, 15) is 13.2 Å². The molecule has 2 aromatic carbocycles. The van der Waals surface area contributed by atoms with Crippen molar-refractivity contribution in [3.8, 4) is 11.5 Å². The molecule has 0 amide bonds. The molecule has 6 rings (SSSR count). The number of hydrogen-bond acceptors (Lipinski definition) is 5. The molecule has 0 fully saturated rings. The number of aromatic amines is 1. The van der Waals surface area contributed by atoms with Crippen LogP contribution in [0, 0.1) is 0 Å². The summed E-state index contributed by atoms with van der Waals surface area (Å²) in [5.74, 6) is 0.608. The summed E-state index contributed by atoms with van der Waals surface area (Å²) in [5, 5.41) is 1.52. The lowest BCUT2D eigenvalue weighted by Gasteiger charge is -2.19. The molecule has 0 unspecified atom stereocenters. The highest BCUT2D eigenvalue weighted by atomic mass is 79.9. The number of hydrogen-bond donors (Lipinski definition) is 2. The largest absolute Gasteiger partial charge is 0.352 e. The van der Waals surface area contributed by atoms with Crippen LogP contribution in [0.2, 0.25) is 0 Å². The predicted molar refractivity (Wildman–Crippen MR) is 130 cm³/mol. The Labute approximate surface area is 194 Å². The molecule has 0 bridgehead atoms. The summed E-state index contributed by atoms with van der Waals surface area (Å²) in [6, 6.07) is 16.1. The Balaban J connectivity index is 1.47. The number of thiophene rings is 1. The smallest absolute Gasteiger partial charge is 0.271 e. The van der Waals surface area contributed by atoms with E-state index in [0.717, 1.165) is 38.1 Å². The van der Waals surface area contributed by atoms with Crippen molar-refractivity contribution < 1.29 is 8.42 Å². The second-order valence-electron chi connectivity index (χ2n) is 7.56. The molecule has 10 heteroatoms. The number of sulfonamides is 1. The van der Waals surface area contributed by atoms with Crippen LogP contribution < -0.4 is 10.3 Å². The first kappa shape index (κ1) is 19.7. The zero-order valence-electron chi connectivity index (χ0n) is 16.4. The fraction of sp³-hybridized carbons (Fsp3) is 0.0909. The van der Waals surface area contributed by atoms with Crippen LogP contribution in [0.4, 0.5) is 5.69 Å². The molecule has 4 heterocycles. The monoisotopic (exact) mass is 526 g/mol. The predicted octanol–water partition coefficient (Wildman–Crippen LogP) is 4.73. The van der Waals surface area contributed by atoms with E-state index in [1.807, 2.05) is 18.2 Å². The zero-order valence-corrected chi connectivity index (χ0v) is 19.6. The number of fused-ring (bicyclic) bond motifs is 6. The molecule has 2 N–H and O–H groups in total. The van der Waals surface area contributed by atoms with Crippen LogP contribution in [-0.4, -0.2) is 23.0 Å². The Morgan fingerprint density at radius 2 is 1.94 bits per heavy atom. The minimum atomic E-state index is -3.74. The number of H-pyrrole nitrogens is 1. The summed E-state index contributed by atoms with van der Waals surface area (Å²) in [6.07, 6.45) is 0.721. The van der Waals surface area contributed by atoms with Crippen LogP contribution >= 0.6 is 27.3 Å². The standard InChI is InChI=1S/C22H15BrN4O3S2/c23-18-7-8-19(31-18)32(29,30)26-12-5-6-17-15(11-12)22(28)27-10-9-14-13-3-1-2-4-16(13)24-20(14)21(27)25-17/h1-8,11,24,26H,9-10H2. The van der Waals surface area contributed by atoms with Gasteiger partial charge < -0.3 is 4.98 Å². The van der Waals surface area contributed by atoms with E-state index in [0.29, 0.717) is 29.0 Å². The van der Waals surface area contributed by atoms with Crippen LogP contribution in [0.15, 0.2) is 67.4 Å². The summed E-state index contributed by atoms with van der Waals surface area (Å²) < 4.78 is 30.5. The fourth-order valence-electron chi connectivity index (χ4n) is 4.20. The van der Waals surface area contributed by atoms with Crippen LogP contribution in [0.1, 0.15) is 5.56 Å². The summed E-state index contributed by atoms with van der Waals surface area (Å²) >= 11 is 4.40. The molecule has 0 saturated carbocycles. The van der Waals surface area contributed by atoms with Crippen LogP contribution in [-0.2, 0) is 23.0 Å². The van der Waals surface area contributed by atoms with Gasteiger partial charge >= 0.3 is 0 Å². The Kier molecular flexibility index (Phi) is 4.33. The molecule has 32 heavy (non-hydrogen) atoms. The molecule has 1 aliphatic heterocycles. The fourth-order valence-corrected chi connectivity index (χ4v) is 7.26. The first-order valence-corrected chi connectivity index (χ1v) is 12.9. The summed E-state index contributed by atoms with van der Waals surface area (Å²) in [4.78, 5) is 21.5. The number of aromatic nitrogens is 3. The van der Waals surface area contributed by atoms with Gasteiger partial charge in [-0.2, -0.15) is 0 Å². The van der Waals surface area contributed by atoms with Crippen molar-refractivity contribution in [1.82, 2.24) is 14.5 Å². The molecule has 160 valence electrons. The topological polar surface area (TPSA) is 96.8 Å². The molecule has 0 spiro atoms. The molecule has 5 aromatic rings. The van der Waals surface area contributed by atoms with E-state index >= 15 is 0 Å². The minimum absolute atomic E-state index is 0.186. The Bertz CT molecular complexity index is 1720. The van der Waals surface area contributed by atoms with Gasteiger partial charge in [0.05, 0.1) is 20.4 Å². The molecule has 0 atom stereocenters. The Hall–Kier alpha value is -2.95. The maximum absolute atomic E-state index is 13.3. The second kappa shape index (κ2) is 7.03. The number of para-hydroxylation sites is 1. The highest BCUT2D eigenvalue weighted by molar-refractivity contribution is 9.11. The molecule has 1 aliphatic rings. The normalized spacial score (nSPS) is 13.3. The van der Waals surface area contributed by atoms with E-state index in [4.69, 9.17) is 4.98 Å². The number of halogens is 1. The highest BCUT2D eigenvalue weighted by Gasteiger charge is 2.24. The van der Waals surface area contributed by atoms with Crippen LogP contribution in [0.5, 0.6) is 0 Å². The van der Waals surface area contributed by atoms with Gasteiger partial charge in [-0.3, -0.25) is 14.1 Å². The van der Waals surface area contributed by atoms with Crippen LogP contribution in [0.3, 0.4) is 0 Å². The molecule has 0 aliphatic carbocycles. The number of rotatable bonds is 3. The maximum atomic E-state index is 13.3. The van der Waals surface area contributed by atoms with Gasteiger partial charge in [0.25, 0.3) is 15.6 Å². The van der Waals surface area contributed by atoms with Crippen molar-refractivity contribution in [3.05, 3.63) is 74.3 Å². The van der Waals surface area contributed by atoms with Crippen molar-refractivity contribution in [1.29, 1.82) is 0 Å². The lowest BCUT2D eigenvalue weighted by molar-refractivity contribution is 0.603. The van der Waals surface area contributed by atoms with Gasteiger partial charge in [0.1, 0.15) is 4.21 Å². The summed E-state index contributed by atoms with van der Waals surface area (Å²) in [6.45, 7) is 0.519. The zero-order chi connectivity index (χ0) is 22.0. The van der Waals surface area contributed by atoms with Crippen molar-refractivity contribution in [2.75, 3.05) is 4.72 Å². The first-order valence-electron chi connectivity index (χ1n) is 9.83. The van der Waals surface area contributed by atoms with Crippen molar-refractivity contribution >= 4 is 64.8 Å². The Morgan fingerprint density at radius 3 is 2.75 bits per heavy atom. The van der Waals surface area contributed by atoms with E-state index in [1.165, 1.54) is 11.6 Å². The molecular weight excluding hydrogens is 512 g/mol. The van der Waals surface area contributed by atoms with Gasteiger partial charge in [0.15, 0.2) is 5.82 Å². The lowest BCUT2D eigenvalue weighted by atomic mass is 10.0. The third kappa shape index (κ3) is 3.01. The minimum Gasteiger partial charge on any atom is -0.352 e. The molecule has 3 aromatic heterocycles. The van der Waals surface area contributed by atoms with Gasteiger partial charge in [-0.1, -0.05) is 18.2 Å². The van der Waals surface area contributed by atoms with E-state index < -0.39 is 10.0 Å². The summed E-state index contributed by atoms with van der Waals surface area (Å²) in [7, 11) is -3.74. The number of nitrogens with one attached hydrogen (secondary N) is 2. The average molecular weight is 527 g/mol. The van der Waals surface area contributed by atoms with Gasteiger partial charge in [-0.05, 0) is 64.3 Å². The highest BCUT2D eigenvalue weighted by Crippen LogP contribution is 2.34. The van der Waals surface area contributed by atoms with E-state index in [1.54, 1.807) is 28.8 Å². The van der Waals surface area contributed by atoms with Crippen molar-refractivity contribution in [3.63, 3.8) is 0 Å². The molecule has 0 radical (unpaired) electrons. The van der Waals surface area contributed by atoms with Gasteiger partial charge in [-0.25, -0.2) is 13.4 Å². The lowest BCUT2D eigenvalue weighted by Crippen LogP contribution is -2.27. The third-order valence-electron chi connectivity index (χ3n) is 5.64. The van der Waals surface area contributed by atoms with E-state index in [2.05, 4.69) is 31.7 Å². The Morgan fingerprint density at radius 1 is 1.09 bits per heavy atom. The van der Waals surface area contributed by atoms with Crippen LogP contribution in [0.25, 0.3) is 33.3 Å². The number of nitrogens with zero attached hydrogens (tertiary/aromatic N) is 2. The third-order valence-corrected chi connectivity index (χ3v) is 9.14. The van der Waals surface area contributed by atoms with Crippen molar-refractivity contribution in [2.45, 2.75) is 17.2 Å². The molecule has 0 saturated heterocycles. The van der Waals surface area contributed by atoms with Crippen molar-refractivity contribution in [2.24, 2.45) is 0 Å². The molecule has 7 nitrogen and oxygen atoms in total. The average Bonchev–Trinajstić information content (AvgIpc) is 3.38. The van der Waals surface area contributed by atoms with Gasteiger partial charge in [0.2, 0.25) is 0 Å².